The molecule has 0 amide bonds. The number of hydrogen-bond acceptors (Lipinski definition) is 3. The molecule has 8 aromatic carbocycles. The van der Waals surface area contributed by atoms with Crippen LogP contribution in [0.15, 0.2) is 237 Å². The zero-order valence-corrected chi connectivity index (χ0v) is 34.6. The van der Waals surface area contributed by atoms with Gasteiger partial charge >= 0.3 is 0 Å². The number of rotatable bonds is 9. The first-order valence-corrected chi connectivity index (χ1v) is 21.4. The third-order valence-corrected chi connectivity index (χ3v) is 12.0. The van der Waals surface area contributed by atoms with Gasteiger partial charge in [-0.1, -0.05) is 176 Å². The first kappa shape index (κ1) is 37.6. The van der Waals surface area contributed by atoms with Crippen LogP contribution >= 0.6 is 0 Å². The topological polar surface area (TPSA) is 34.0 Å². The van der Waals surface area contributed by atoms with Crippen molar-refractivity contribution in [3.63, 3.8) is 0 Å². The molecule has 4 heteroatoms. The minimum absolute atomic E-state index is 0.697. The minimum Gasteiger partial charge on any atom is -0.336 e. The van der Waals surface area contributed by atoms with Gasteiger partial charge in [0.2, 0.25) is 0 Å². The third kappa shape index (κ3) is 7.24. The zero-order valence-electron chi connectivity index (χ0n) is 34.6. The van der Waals surface area contributed by atoms with Crippen LogP contribution in [0.3, 0.4) is 0 Å². The SMILES string of the molecule is C=C(/C=C\C=C1/CN(c2ccccc2)c2ccccc21)c1ccc(-n2c3ccccc3c3cc(-c4cccc(-c5nc(-c6ccccc6)cc(-c6ccccc6)n5)c4)ccc32)cc1. The van der Waals surface area contributed by atoms with Gasteiger partial charge in [-0.3, -0.25) is 0 Å². The maximum Gasteiger partial charge on any atom is 0.160 e. The summed E-state index contributed by atoms with van der Waals surface area (Å²) in [6, 6.07) is 74.8. The van der Waals surface area contributed by atoms with E-state index in [9.17, 15) is 0 Å². The van der Waals surface area contributed by atoms with Gasteiger partial charge in [-0.2, -0.15) is 0 Å². The molecule has 0 aliphatic carbocycles. The quantitative estimate of drug-likeness (QED) is 0.136. The van der Waals surface area contributed by atoms with Crippen LogP contribution < -0.4 is 4.90 Å². The second-order valence-corrected chi connectivity index (χ2v) is 15.9. The highest BCUT2D eigenvalue weighted by molar-refractivity contribution is 6.10. The van der Waals surface area contributed by atoms with Crippen molar-refractivity contribution in [2.75, 3.05) is 11.4 Å². The molecule has 10 aromatic rings. The molecule has 0 atom stereocenters. The Hall–Kier alpha value is -8.34. The first-order chi connectivity index (χ1) is 31.1. The first-order valence-electron chi connectivity index (χ1n) is 21.4. The number of nitrogens with zero attached hydrogens (tertiary/aromatic N) is 4. The summed E-state index contributed by atoms with van der Waals surface area (Å²) in [4.78, 5) is 12.6. The summed E-state index contributed by atoms with van der Waals surface area (Å²) in [5.74, 6) is 0.697. The van der Waals surface area contributed by atoms with Crippen molar-refractivity contribution in [3.05, 3.63) is 248 Å². The highest BCUT2D eigenvalue weighted by Crippen LogP contribution is 2.41. The molecule has 0 saturated heterocycles. The summed E-state index contributed by atoms with van der Waals surface area (Å²) in [7, 11) is 0. The van der Waals surface area contributed by atoms with E-state index in [1.165, 1.54) is 33.3 Å². The van der Waals surface area contributed by atoms with E-state index in [-0.39, 0.29) is 0 Å². The van der Waals surface area contributed by atoms with Crippen LogP contribution in [0.25, 0.3) is 83.7 Å². The van der Waals surface area contributed by atoms with E-state index in [0.29, 0.717) is 5.82 Å². The molecule has 63 heavy (non-hydrogen) atoms. The van der Waals surface area contributed by atoms with Crippen LogP contribution in [-0.2, 0) is 0 Å². The number of hydrogen-bond donors (Lipinski definition) is 0. The van der Waals surface area contributed by atoms with Crippen molar-refractivity contribution < 1.29 is 0 Å². The largest absolute Gasteiger partial charge is 0.336 e. The smallest absolute Gasteiger partial charge is 0.160 e. The van der Waals surface area contributed by atoms with E-state index in [1.807, 2.05) is 36.4 Å². The fourth-order valence-corrected chi connectivity index (χ4v) is 8.86. The second-order valence-electron chi connectivity index (χ2n) is 15.9. The fourth-order valence-electron chi connectivity index (χ4n) is 8.86. The number of aromatic nitrogens is 3. The molecule has 1 aliphatic rings. The van der Waals surface area contributed by atoms with Crippen LogP contribution in [0.2, 0.25) is 0 Å². The molecular formula is C59H42N4. The summed E-state index contributed by atoms with van der Waals surface area (Å²) in [5, 5.41) is 2.41. The van der Waals surface area contributed by atoms with Gasteiger partial charge < -0.3 is 9.47 Å². The van der Waals surface area contributed by atoms with Crippen molar-refractivity contribution >= 4 is 44.3 Å². The zero-order chi connectivity index (χ0) is 42.1. The van der Waals surface area contributed by atoms with Crippen LogP contribution in [-0.4, -0.2) is 21.1 Å². The lowest BCUT2D eigenvalue weighted by Gasteiger charge is -2.18. The molecule has 3 heterocycles. The van der Waals surface area contributed by atoms with Crippen molar-refractivity contribution in [3.8, 4) is 50.7 Å². The predicted molar refractivity (Wildman–Crippen MR) is 264 cm³/mol. The van der Waals surface area contributed by atoms with Gasteiger partial charge in [-0.05, 0) is 88.5 Å². The Kier molecular flexibility index (Phi) is 9.72. The van der Waals surface area contributed by atoms with Crippen molar-refractivity contribution in [1.29, 1.82) is 0 Å². The van der Waals surface area contributed by atoms with Crippen LogP contribution in [0, 0.1) is 0 Å². The third-order valence-electron chi connectivity index (χ3n) is 12.0. The highest BCUT2D eigenvalue weighted by Gasteiger charge is 2.23. The predicted octanol–water partition coefficient (Wildman–Crippen LogP) is 15.0. The lowest BCUT2D eigenvalue weighted by atomic mass is 10.00. The van der Waals surface area contributed by atoms with E-state index >= 15 is 0 Å². The van der Waals surface area contributed by atoms with Gasteiger partial charge in [-0.15, -0.1) is 0 Å². The maximum atomic E-state index is 5.10. The Morgan fingerprint density at radius 3 is 1.83 bits per heavy atom. The summed E-state index contributed by atoms with van der Waals surface area (Å²) in [6.07, 6.45) is 6.47. The van der Waals surface area contributed by atoms with E-state index < -0.39 is 0 Å². The van der Waals surface area contributed by atoms with Crippen LogP contribution in [0.5, 0.6) is 0 Å². The van der Waals surface area contributed by atoms with E-state index in [1.54, 1.807) is 0 Å². The van der Waals surface area contributed by atoms with Gasteiger partial charge in [0.05, 0.1) is 22.4 Å². The molecule has 0 N–H and O–H groups in total. The molecule has 2 aromatic heterocycles. The molecule has 1 aliphatic heterocycles. The molecule has 298 valence electrons. The van der Waals surface area contributed by atoms with Gasteiger partial charge in [0.25, 0.3) is 0 Å². The Morgan fingerprint density at radius 2 is 1.08 bits per heavy atom. The summed E-state index contributed by atoms with van der Waals surface area (Å²) in [5.41, 5.74) is 17.6. The molecule has 0 radical (unpaired) electrons. The molecular weight excluding hydrogens is 765 g/mol. The lowest BCUT2D eigenvalue weighted by Crippen LogP contribution is -2.12. The monoisotopic (exact) mass is 806 g/mol. The number of benzene rings is 8. The Morgan fingerprint density at radius 1 is 0.476 bits per heavy atom. The lowest BCUT2D eigenvalue weighted by molar-refractivity contribution is 1.16. The van der Waals surface area contributed by atoms with Crippen LogP contribution in [0.4, 0.5) is 11.4 Å². The average molecular weight is 807 g/mol. The number of para-hydroxylation sites is 3. The van der Waals surface area contributed by atoms with E-state index in [2.05, 4.69) is 210 Å². The normalized spacial score (nSPS) is 13.0. The van der Waals surface area contributed by atoms with Crippen molar-refractivity contribution in [2.24, 2.45) is 0 Å². The van der Waals surface area contributed by atoms with E-state index in [0.717, 1.165) is 73.6 Å². The van der Waals surface area contributed by atoms with Gasteiger partial charge in [-0.25, -0.2) is 9.97 Å². The highest BCUT2D eigenvalue weighted by atomic mass is 15.2. The van der Waals surface area contributed by atoms with Gasteiger partial charge in [0.15, 0.2) is 5.82 Å². The summed E-state index contributed by atoms with van der Waals surface area (Å²) < 4.78 is 2.36. The van der Waals surface area contributed by atoms with Gasteiger partial charge in [0.1, 0.15) is 0 Å². The molecule has 0 spiro atoms. The van der Waals surface area contributed by atoms with E-state index in [4.69, 9.17) is 9.97 Å². The average Bonchev–Trinajstić information content (AvgIpc) is 3.90. The molecule has 0 saturated carbocycles. The molecule has 4 nitrogen and oxygen atoms in total. The minimum atomic E-state index is 0.697. The fraction of sp³-hybridized carbons (Fsp3) is 0.0169. The standard InChI is InChI=1S/C59H42N4/c1-41(17-15-24-48-40-62(49-25-9-4-10-26-49)56-29-13-11-27-51(48)56)42-31-34-50(35-32-42)63-57-30-14-12-28-52(57)53-38-46(33-36-58(53)63)45-22-16-23-47(37-45)59-60-54(43-18-5-2-6-19-43)39-55(61-59)44-20-7-3-8-21-44/h2-39H,1,40H2/b17-15-,48-24+. The molecule has 0 unspecified atom stereocenters. The number of anilines is 2. The van der Waals surface area contributed by atoms with Crippen molar-refractivity contribution in [1.82, 2.24) is 14.5 Å². The molecule has 0 fully saturated rings. The van der Waals surface area contributed by atoms with Crippen molar-refractivity contribution in [2.45, 2.75) is 0 Å². The molecule has 11 rings (SSSR count). The molecule has 0 bridgehead atoms. The number of fused-ring (bicyclic) bond motifs is 4. The van der Waals surface area contributed by atoms with Crippen LogP contribution in [0.1, 0.15) is 11.1 Å². The Balaban J connectivity index is 0.886. The summed E-state index contributed by atoms with van der Waals surface area (Å²) in [6.45, 7) is 5.28. The van der Waals surface area contributed by atoms with Gasteiger partial charge in [0, 0.05) is 56.6 Å². The Labute approximate surface area is 367 Å². The second kappa shape index (κ2) is 16.3. The Bertz CT molecular complexity index is 3300. The number of allylic oxidation sites excluding steroid dienone is 4. The maximum absolute atomic E-state index is 5.10. The summed E-state index contributed by atoms with van der Waals surface area (Å²) >= 11 is 0.